The molecule has 0 bridgehead atoms. The van der Waals surface area contributed by atoms with Gasteiger partial charge in [0.25, 0.3) is 0 Å². The zero-order chi connectivity index (χ0) is 17.5. The van der Waals surface area contributed by atoms with Crippen molar-refractivity contribution in [2.75, 3.05) is 26.9 Å². The van der Waals surface area contributed by atoms with Gasteiger partial charge in [0.2, 0.25) is 11.8 Å². The van der Waals surface area contributed by atoms with Gasteiger partial charge in [-0.2, -0.15) is 0 Å². The predicted molar refractivity (Wildman–Crippen MR) is 90.6 cm³/mol. The van der Waals surface area contributed by atoms with Gasteiger partial charge in [-0.05, 0) is 18.8 Å². The van der Waals surface area contributed by atoms with Crippen LogP contribution in [0.1, 0.15) is 33.1 Å². The highest BCUT2D eigenvalue weighted by atomic mass is 35.5. The van der Waals surface area contributed by atoms with Crippen molar-refractivity contribution in [3.63, 3.8) is 0 Å². The van der Waals surface area contributed by atoms with E-state index >= 15 is 0 Å². The number of carbonyl (C=O) groups is 3. The Morgan fingerprint density at radius 2 is 1.83 bits per heavy atom. The Balaban J connectivity index is 0.00000529. The number of halogens is 1. The Morgan fingerprint density at radius 3 is 2.33 bits per heavy atom. The molecular weight excluding hydrogens is 338 g/mol. The summed E-state index contributed by atoms with van der Waals surface area (Å²) in [5.74, 6) is -1.14. The fourth-order valence-corrected chi connectivity index (χ4v) is 2.38. The smallest absolute Gasteiger partial charge is 0.307 e. The summed E-state index contributed by atoms with van der Waals surface area (Å²) in [4.78, 5) is 35.5. The summed E-state index contributed by atoms with van der Waals surface area (Å²) in [6.07, 6.45) is 1.12. The number of ether oxygens (including phenoxy) is 2. The first-order valence-electron chi connectivity index (χ1n) is 7.78. The topological polar surface area (TPSA) is 120 Å². The van der Waals surface area contributed by atoms with Crippen LogP contribution in [0.2, 0.25) is 0 Å². The van der Waals surface area contributed by atoms with Crippen LogP contribution in [0.5, 0.6) is 0 Å². The lowest BCUT2D eigenvalue weighted by Gasteiger charge is -2.37. The highest BCUT2D eigenvalue weighted by Crippen LogP contribution is 2.25. The fraction of sp³-hybridized carbons (Fsp3) is 0.800. The summed E-state index contributed by atoms with van der Waals surface area (Å²) in [7, 11) is 1.31. The van der Waals surface area contributed by atoms with Crippen molar-refractivity contribution in [2.45, 2.75) is 44.7 Å². The van der Waals surface area contributed by atoms with Gasteiger partial charge in [-0.3, -0.25) is 14.4 Å². The van der Waals surface area contributed by atoms with E-state index in [9.17, 15) is 14.4 Å². The second kappa shape index (κ2) is 10.5. The first kappa shape index (κ1) is 22.6. The van der Waals surface area contributed by atoms with Crippen LogP contribution in [0.4, 0.5) is 0 Å². The maximum Gasteiger partial charge on any atom is 0.307 e. The van der Waals surface area contributed by atoms with Gasteiger partial charge in [-0.25, -0.2) is 0 Å². The Hall–Kier alpha value is -1.38. The van der Waals surface area contributed by atoms with Crippen LogP contribution < -0.4 is 16.4 Å². The maximum absolute atomic E-state index is 12.1. The number of amides is 2. The third kappa shape index (κ3) is 7.02. The molecule has 0 radical (unpaired) electrons. The minimum Gasteiger partial charge on any atom is -0.469 e. The molecule has 9 heteroatoms. The molecule has 1 saturated heterocycles. The van der Waals surface area contributed by atoms with Crippen molar-refractivity contribution in [3.05, 3.63) is 0 Å². The average molecular weight is 366 g/mol. The summed E-state index contributed by atoms with van der Waals surface area (Å²) in [6.45, 7) is 4.40. The Kier molecular flexibility index (Phi) is 9.88. The third-order valence-electron chi connectivity index (χ3n) is 4.01. The monoisotopic (exact) mass is 365 g/mol. The minimum atomic E-state index is -0.687. The second-order valence-corrected chi connectivity index (χ2v) is 6.18. The zero-order valence-corrected chi connectivity index (χ0v) is 15.2. The van der Waals surface area contributed by atoms with E-state index in [1.165, 1.54) is 7.11 Å². The summed E-state index contributed by atoms with van der Waals surface area (Å²) in [5.41, 5.74) is 5.03. The largest absolute Gasteiger partial charge is 0.469 e. The lowest BCUT2D eigenvalue weighted by Crippen LogP contribution is -2.56. The Labute approximate surface area is 148 Å². The van der Waals surface area contributed by atoms with E-state index in [4.69, 9.17) is 15.2 Å². The molecule has 1 fully saturated rings. The molecule has 0 aromatic carbocycles. The third-order valence-corrected chi connectivity index (χ3v) is 4.01. The quantitative estimate of drug-likeness (QED) is 0.534. The zero-order valence-electron chi connectivity index (χ0n) is 14.4. The number of nitrogens with two attached hydrogens (primary N) is 1. The molecule has 0 spiro atoms. The minimum absolute atomic E-state index is 0. The van der Waals surface area contributed by atoms with Crippen LogP contribution in [0.15, 0.2) is 0 Å². The van der Waals surface area contributed by atoms with Crippen LogP contribution in [0.25, 0.3) is 0 Å². The summed E-state index contributed by atoms with van der Waals surface area (Å²) < 4.78 is 9.99. The van der Waals surface area contributed by atoms with E-state index in [-0.39, 0.29) is 43.1 Å². The molecule has 8 nitrogen and oxygen atoms in total. The van der Waals surface area contributed by atoms with Crippen molar-refractivity contribution in [1.82, 2.24) is 10.6 Å². The van der Waals surface area contributed by atoms with Crippen LogP contribution >= 0.6 is 12.4 Å². The summed E-state index contributed by atoms with van der Waals surface area (Å²) >= 11 is 0. The molecule has 0 unspecified atom stereocenters. The van der Waals surface area contributed by atoms with Crippen LogP contribution in [0, 0.1) is 5.92 Å². The van der Waals surface area contributed by atoms with Crippen molar-refractivity contribution in [1.29, 1.82) is 0 Å². The normalized spacial score (nSPS) is 17.4. The molecule has 1 heterocycles. The van der Waals surface area contributed by atoms with E-state index in [1.54, 1.807) is 0 Å². The van der Waals surface area contributed by atoms with Crippen molar-refractivity contribution < 1.29 is 23.9 Å². The van der Waals surface area contributed by atoms with Crippen LogP contribution in [-0.2, 0) is 23.9 Å². The number of esters is 1. The van der Waals surface area contributed by atoms with E-state index in [0.717, 1.165) is 0 Å². The molecule has 1 atom stereocenters. The Morgan fingerprint density at radius 1 is 1.25 bits per heavy atom. The number of methoxy groups -OCH3 is 1. The summed E-state index contributed by atoms with van der Waals surface area (Å²) in [5, 5.41) is 5.36. The van der Waals surface area contributed by atoms with Crippen LogP contribution in [0.3, 0.4) is 0 Å². The molecule has 4 N–H and O–H groups in total. The van der Waals surface area contributed by atoms with Gasteiger partial charge in [0.15, 0.2) is 0 Å². The fourth-order valence-electron chi connectivity index (χ4n) is 2.38. The van der Waals surface area contributed by atoms with E-state index in [1.807, 2.05) is 13.8 Å². The van der Waals surface area contributed by atoms with Gasteiger partial charge in [0.05, 0.1) is 31.7 Å². The molecule has 1 aliphatic rings. The van der Waals surface area contributed by atoms with Gasteiger partial charge >= 0.3 is 5.97 Å². The molecule has 0 aromatic rings. The summed E-state index contributed by atoms with van der Waals surface area (Å²) in [6, 6.07) is -0.657. The molecule has 2 amide bonds. The maximum atomic E-state index is 12.1. The van der Waals surface area contributed by atoms with Gasteiger partial charge in [-0.15, -0.1) is 12.4 Å². The van der Waals surface area contributed by atoms with Gasteiger partial charge < -0.3 is 25.8 Å². The van der Waals surface area contributed by atoms with Gasteiger partial charge in [0.1, 0.15) is 0 Å². The average Bonchev–Trinajstić information content (AvgIpc) is 2.52. The Bertz CT molecular complexity index is 439. The number of hydrogen-bond acceptors (Lipinski definition) is 6. The van der Waals surface area contributed by atoms with Crippen LogP contribution in [-0.4, -0.2) is 56.2 Å². The number of carbonyl (C=O) groups excluding carboxylic acids is 3. The van der Waals surface area contributed by atoms with Crippen molar-refractivity contribution in [3.8, 4) is 0 Å². The first-order valence-corrected chi connectivity index (χ1v) is 7.78. The molecule has 0 saturated carbocycles. The number of nitrogens with one attached hydrogen (secondary N) is 2. The van der Waals surface area contributed by atoms with Gasteiger partial charge in [0, 0.05) is 13.2 Å². The van der Waals surface area contributed by atoms with Gasteiger partial charge in [-0.1, -0.05) is 13.8 Å². The molecule has 24 heavy (non-hydrogen) atoms. The highest BCUT2D eigenvalue weighted by molar-refractivity contribution is 5.88. The SMILES string of the molecule is COC(=O)CC1(NC(=O)CNC(=O)[C@@H](N)C(C)C)CCOCC1.Cl. The standard InChI is InChI=1S/C15H27N3O5.ClH/c1-10(2)13(16)14(21)17-9-11(19)18-15(8-12(20)22-3)4-6-23-7-5-15;/h10,13H,4-9,16H2,1-3H3,(H,17,21)(H,18,19);1H/t13-;/m0./s1. The van der Waals surface area contributed by atoms with E-state index < -0.39 is 17.6 Å². The van der Waals surface area contributed by atoms with E-state index in [0.29, 0.717) is 26.1 Å². The lowest BCUT2D eigenvalue weighted by atomic mass is 9.86. The molecule has 1 aliphatic heterocycles. The predicted octanol–water partition coefficient (Wildman–Crippen LogP) is -0.264. The first-order chi connectivity index (χ1) is 10.8. The lowest BCUT2D eigenvalue weighted by molar-refractivity contribution is -0.144. The van der Waals surface area contributed by atoms with E-state index in [2.05, 4.69) is 10.6 Å². The molecule has 0 aromatic heterocycles. The molecule has 1 rings (SSSR count). The number of rotatable bonds is 7. The van der Waals surface area contributed by atoms with Crippen molar-refractivity contribution >= 4 is 30.2 Å². The molecular formula is C15H28ClN3O5. The molecule has 140 valence electrons. The second-order valence-electron chi connectivity index (χ2n) is 6.18. The number of hydrogen-bond donors (Lipinski definition) is 3. The van der Waals surface area contributed by atoms with Crippen molar-refractivity contribution in [2.24, 2.45) is 11.7 Å². The highest BCUT2D eigenvalue weighted by Gasteiger charge is 2.36. The molecule has 0 aliphatic carbocycles.